The van der Waals surface area contributed by atoms with Gasteiger partial charge in [-0.2, -0.15) is 0 Å². The average Bonchev–Trinajstić information content (AvgIpc) is 3.15. The predicted octanol–water partition coefficient (Wildman–Crippen LogP) is 5.64. The molecule has 178 valence electrons. The molecule has 0 spiro atoms. The number of nitrogens with one attached hydrogen (secondary N) is 1. The molecule has 2 aromatic rings. The third-order valence-corrected chi connectivity index (χ3v) is 7.80. The zero-order valence-electron chi connectivity index (χ0n) is 19.6. The second-order valence-electron chi connectivity index (χ2n) is 8.81. The van der Waals surface area contributed by atoms with E-state index < -0.39 is 16.8 Å². The highest BCUT2D eigenvalue weighted by atomic mass is 32.1. The van der Waals surface area contributed by atoms with E-state index in [1.165, 1.54) is 36.6 Å². The van der Waals surface area contributed by atoms with Crippen molar-refractivity contribution in [2.45, 2.75) is 53.4 Å². The van der Waals surface area contributed by atoms with Crippen molar-refractivity contribution in [2.75, 3.05) is 19.0 Å². The van der Waals surface area contributed by atoms with Crippen LogP contribution in [0.2, 0.25) is 0 Å². The van der Waals surface area contributed by atoms with Crippen LogP contribution in [0, 0.1) is 21.4 Å². The van der Waals surface area contributed by atoms with E-state index in [4.69, 9.17) is 9.47 Å². The molecule has 1 N–H and O–H groups in total. The van der Waals surface area contributed by atoms with Gasteiger partial charge in [0.25, 0.3) is 5.91 Å². The van der Waals surface area contributed by atoms with Gasteiger partial charge in [-0.05, 0) is 55.2 Å². The smallest absolute Gasteiger partial charge is 0.341 e. The van der Waals surface area contributed by atoms with Crippen LogP contribution in [0.25, 0.3) is 0 Å². The lowest BCUT2D eigenvalue weighted by Crippen LogP contribution is -2.28. The predicted molar refractivity (Wildman–Crippen MR) is 127 cm³/mol. The Morgan fingerprint density at radius 3 is 2.64 bits per heavy atom. The first-order valence-electron chi connectivity index (χ1n) is 11.1. The number of benzene rings is 1. The minimum atomic E-state index is -0.598. The van der Waals surface area contributed by atoms with Gasteiger partial charge in [-0.15, -0.1) is 11.3 Å². The van der Waals surface area contributed by atoms with Crippen LogP contribution < -0.4 is 10.1 Å². The van der Waals surface area contributed by atoms with E-state index in [-0.39, 0.29) is 29.0 Å². The fraction of sp³-hybridized carbons (Fsp3) is 0.500. The zero-order chi connectivity index (χ0) is 24.3. The van der Waals surface area contributed by atoms with E-state index in [9.17, 15) is 19.7 Å². The summed E-state index contributed by atoms with van der Waals surface area (Å²) in [5.41, 5.74) is 1.33. The summed E-state index contributed by atoms with van der Waals surface area (Å²) >= 11 is 1.40. The molecule has 1 aromatic heterocycles. The lowest BCUT2D eigenvalue weighted by molar-refractivity contribution is -0.385. The molecule has 0 aliphatic heterocycles. The van der Waals surface area contributed by atoms with Gasteiger partial charge >= 0.3 is 11.7 Å². The Bertz CT molecular complexity index is 1080. The third-order valence-electron chi connectivity index (χ3n) is 6.63. The highest BCUT2D eigenvalue weighted by molar-refractivity contribution is 7.17. The number of nitro benzene ring substituents is 1. The van der Waals surface area contributed by atoms with E-state index >= 15 is 0 Å². The number of methoxy groups -OCH3 is 1. The largest absolute Gasteiger partial charge is 0.490 e. The highest BCUT2D eigenvalue weighted by Gasteiger charge is 2.36. The quantitative estimate of drug-likeness (QED) is 0.302. The van der Waals surface area contributed by atoms with Gasteiger partial charge < -0.3 is 14.8 Å². The van der Waals surface area contributed by atoms with E-state index in [1.807, 2.05) is 0 Å². The summed E-state index contributed by atoms with van der Waals surface area (Å²) in [7, 11) is 1.33. The molecule has 1 aliphatic rings. The van der Waals surface area contributed by atoms with Crippen molar-refractivity contribution < 1.29 is 24.0 Å². The minimum absolute atomic E-state index is 0.0694. The van der Waals surface area contributed by atoms with Crippen molar-refractivity contribution in [1.29, 1.82) is 0 Å². The fourth-order valence-corrected chi connectivity index (χ4v) is 5.51. The minimum Gasteiger partial charge on any atom is -0.490 e. The van der Waals surface area contributed by atoms with Crippen molar-refractivity contribution in [3.8, 4) is 5.75 Å². The summed E-state index contributed by atoms with van der Waals surface area (Å²) in [6.45, 7) is 8.69. The van der Waals surface area contributed by atoms with Crippen LogP contribution >= 0.6 is 11.3 Å². The van der Waals surface area contributed by atoms with Crippen molar-refractivity contribution in [3.63, 3.8) is 0 Å². The second-order valence-corrected chi connectivity index (χ2v) is 9.91. The number of ether oxygens (including phenoxy) is 2. The molecule has 0 radical (unpaired) electrons. The molecule has 0 saturated heterocycles. The number of fused-ring (bicyclic) bond motifs is 1. The summed E-state index contributed by atoms with van der Waals surface area (Å²) in [6, 6.07) is 4.01. The number of hydrogen-bond donors (Lipinski definition) is 1. The Morgan fingerprint density at radius 2 is 2.03 bits per heavy atom. The van der Waals surface area contributed by atoms with Crippen molar-refractivity contribution in [3.05, 3.63) is 49.9 Å². The standard InChI is InChI=1S/C24H30N2O6S/c1-6-24(3,4)15-9-10-16-19(13-15)33-22(20(16)23(28)32-7-2)25-21(27)14-8-11-18(31-5)17(12-14)26(29)30/h8,11-12,15H,6-7,9-10,13H2,1-5H3,(H,25,27)/t15-/m1/s1. The van der Waals surface area contributed by atoms with Gasteiger partial charge in [-0.3, -0.25) is 14.9 Å². The molecule has 0 saturated carbocycles. The first kappa shape index (κ1) is 24.7. The molecule has 1 amide bonds. The number of esters is 1. The van der Waals surface area contributed by atoms with Crippen LogP contribution in [0.15, 0.2) is 18.2 Å². The molecule has 8 nitrogen and oxygen atoms in total. The molecule has 0 fully saturated rings. The first-order valence-corrected chi connectivity index (χ1v) is 11.9. The Morgan fingerprint density at radius 1 is 1.30 bits per heavy atom. The molecule has 0 unspecified atom stereocenters. The second kappa shape index (κ2) is 9.91. The van der Waals surface area contributed by atoms with Crippen LogP contribution in [0.4, 0.5) is 10.7 Å². The molecule has 0 bridgehead atoms. The van der Waals surface area contributed by atoms with Gasteiger partial charge in [0, 0.05) is 16.5 Å². The van der Waals surface area contributed by atoms with E-state index in [1.54, 1.807) is 6.92 Å². The Labute approximate surface area is 197 Å². The van der Waals surface area contributed by atoms with E-state index in [2.05, 4.69) is 26.1 Å². The molecular formula is C24H30N2O6S. The zero-order valence-corrected chi connectivity index (χ0v) is 20.5. The number of carbonyl (C=O) groups excluding carboxylic acids is 2. The van der Waals surface area contributed by atoms with Gasteiger partial charge in [0.1, 0.15) is 5.00 Å². The molecule has 1 atom stereocenters. The lowest BCUT2D eigenvalue weighted by atomic mass is 9.69. The molecule has 3 rings (SSSR count). The summed E-state index contributed by atoms with van der Waals surface area (Å²) in [5, 5.41) is 14.6. The number of anilines is 1. The average molecular weight is 475 g/mol. The molecule has 9 heteroatoms. The van der Waals surface area contributed by atoms with E-state index in [0.29, 0.717) is 16.5 Å². The molecular weight excluding hydrogens is 444 g/mol. The SMILES string of the molecule is CCOC(=O)c1c(NC(=O)c2ccc(OC)c([N+](=O)[O-])c2)sc2c1CC[C@@H](C(C)(C)CC)C2. The number of carbonyl (C=O) groups is 2. The third kappa shape index (κ3) is 5.03. The fourth-order valence-electron chi connectivity index (χ4n) is 4.20. The Kier molecular flexibility index (Phi) is 7.41. The summed E-state index contributed by atoms with van der Waals surface area (Å²) in [6.07, 6.45) is 3.62. The van der Waals surface area contributed by atoms with Crippen LogP contribution in [-0.4, -0.2) is 30.5 Å². The van der Waals surface area contributed by atoms with Crippen LogP contribution in [0.1, 0.15) is 71.7 Å². The normalized spacial score (nSPS) is 15.5. The maximum absolute atomic E-state index is 13.0. The molecule has 1 aliphatic carbocycles. The van der Waals surface area contributed by atoms with Gasteiger partial charge in [-0.25, -0.2) is 4.79 Å². The molecule has 1 heterocycles. The number of nitro groups is 1. The number of thiophene rings is 1. The van der Waals surface area contributed by atoms with Gasteiger partial charge in [0.05, 0.1) is 24.2 Å². The van der Waals surface area contributed by atoms with Crippen molar-refractivity contribution >= 4 is 33.9 Å². The number of rotatable bonds is 8. The van der Waals surface area contributed by atoms with E-state index in [0.717, 1.165) is 36.1 Å². The Balaban J connectivity index is 1.96. The summed E-state index contributed by atoms with van der Waals surface area (Å²) < 4.78 is 10.3. The summed E-state index contributed by atoms with van der Waals surface area (Å²) in [5.74, 6) is -0.439. The maximum atomic E-state index is 13.0. The molecule has 33 heavy (non-hydrogen) atoms. The Hall–Kier alpha value is -2.94. The van der Waals surface area contributed by atoms with Crippen LogP contribution in [0.5, 0.6) is 5.75 Å². The number of hydrogen-bond acceptors (Lipinski definition) is 7. The van der Waals surface area contributed by atoms with Crippen LogP contribution in [-0.2, 0) is 17.6 Å². The van der Waals surface area contributed by atoms with Crippen molar-refractivity contribution in [2.24, 2.45) is 11.3 Å². The lowest BCUT2D eigenvalue weighted by Gasteiger charge is -2.36. The highest BCUT2D eigenvalue weighted by Crippen LogP contribution is 2.45. The van der Waals surface area contributed by atoms with Gasteiger partial charge in [-0.1, -0.05) is 27.2 Å². The van der Waals surface area contributed by atoms with Crippen LogP contribution in [0.3, 0.4) is 0 Å². The summed E-state index contributed by atoms with van der Waals surface area (Å²) in [4.78, 5) is 37.6. The van der Waals surface area contributed by atoms with Gasteiger partial charge in [0.2, 0.25) is 0 Å². The monoisotopic (exact) mass is 474 g/mol. The molecule has 1 aromatic carbocycles. The maximum Gasteiger partial charge on any atom is 0.341 e. The topological polar surface area (TPSA) is 108 Å². The first-order chi connectivity index (χ1) is 15.6. The number of nitrogens with zero attached hydrogens (tertiary/aromatic N) is 1. The van der Waals surface area contributed by atoms with Crippen molar-refractivity contribution in [1.82, 2.24) is 0 Å². The number of amides is 1. The van der Waals surface area contributed by atoms with Gasteiger partial charge in [0.15, 0.2) is 5.75 Å².